The molecule has 12 nitrogen and oxygen atoms in total. The van der Waals surface area contributed by atoms with Gasteiger partial charge in [0, 0.05) is 30.7 Å². The summed E-state index contributed by atoms with van der Waals surface area (Å²) in [6, 6.07) is 9.09. The number of hydrogen-bond acceptors (Lipinski definition) is 10. The molecule has 3 heterocycles. The van der Waals surface area contributed by atoms with E-state index in [1.807, 2.05) is 0 Å². The van der Waals surface area contributed by atoms with E-state index >= 15 is 0 Å². The molecular weight excluding hydrogens is 420 g/mol. The summed E-state index contributed by atoms with van der Waals surface area (Å²) in [5, 5.41) is 20.3. The first kappa shape index (κ1) is 24.0. The molecule has 0 radical (unpaired) electrons. The summed E-state index contributed by atoms with van der Waals surface area (Å²) >= 11 is 5.37. The van der Waals surface area contributed by atoms with Gasteiger partial charge in [-0.05, 0) is 24.3 Å². The number of rotatable bonds is 4. The van der Waals surface area contributed by atoms with Gasteiger partial charge in [-0.1, -0.05) is 11.6 Å². The Kier molecular flexibility index (Phi) is 9.92. The number of nitrogen functional groups attached to an aromatic ring is 1. The van der Waals surface area contributed by atoms with Gasteiger partial charge in [-0.25, -0.2) is 15.0 Å². The molecule has 0 bridgehead atoms. The van der Waals surface area contributed by atoms with E-state index in [1.165, 1.54) is 43.8 Å². The second kappa shape index (κ2) is 12.4. The fraction of sp³-hybridized carbons (Fsp3) is 0.118. The first-order valence-corrected chi connectivity index (χ1v) is 8.32. The summed E-state index contributed by atoms with van der Waals surface area (Å²) in [6.07, 6.45) is 4.47. The van der Waals surface area contributed by atoms with Crippen molar-refractivity contribution in [2.75, 3.05) is 20.0 Å². The zero-order chi connectivity index (χ0) is 22.5. The van der Waals surface area contributed by atoms with Crippen molar-refractivity contribution in [1.29, 1.82) is 0 Å². The number of nitro groups is 2. The molecule has 0 aliphatic rings. The molecule has 0 aliphatic carbocycles. The van der Waals surface area contributed by atoms with Crippen LogP contribution in [0.5, 0.6) is 11.8 Å². The predicted molar refractivity (Wildman–Crippen MR) is 109 cm³/mol. The lowest BCUT2D eigenvalue weighted by Crippen LogP contribution is -1.94. The number of nitrogens with zero attached hydrogens (tertiary/aromatic N) is 5. The fourth-order valence-electron chi connectivity index (χ4n) is 1.77. The van der Waals surface area contributed by atoms with Crippen LogP contribution in [0.1, 0.15) is 0 Å². The molecule has 158 valence electrons. The second-order valence-corrected chi connectivity index (χ2v) is 5.32. The molecule has 2 N–H and O–H groups in total. The van der Waals surface area contributed by atoms with Gasteiger partial charge in [0.2, 0.25) is 11.0 Å². The summed E-state index contributed by atoms with van der Waals surface area (Å²) in [6.45, 7) is 0. The van der Waals surface area contributed by atoms with Gasteiger partial charge in [-0.3, -0.25) is 20.2 Å². The van der Waals surface area contributed by atoms with Crippen LogP contribution in [-0.2, 0) is 0 Å². The summed E-state index contributed by atoms with van der Waals surface area (Å²) in [5.74, 6) is 0.523. The van der Waals surface area contributed by atoms with Crippen LogP contribution >= 0.6 is 11.6 Å². The lowest BCUT2D eigenvalue weighted by molar-refractivity contribution is -0.386. The van der Waals surface area contributed by atoms with Crippen molar-refractivity contribution in [3.8, 4) is 11.8 Å². The highest BCUT2D eigenvalue weighted by molar-refractivity contribution is 6.31. The van der Waals surface area contributed by atoms with E-state index < -0.39 is 9.85 Å². The van der Waals surface area contributed by atoms with E-state index in [9.17, 15) is 20.2 Å². The van der Waals surface area contributed by atoms with Crippen molar-refractivity contribution in [1.82, 2.24) is 15.0 Å². The van der Waals surface area contributed by atoms with Crippen molar-refractivity contribution in [3.63, 3.8) is 0 Å². The highest BCUT2D eigenvalue weighted by Crippen LogP contribution is 2.21. The maximum atomic E-state index is 10.3. The molecule has 0 fully saturated rings. The number of pyridine rings is 3. The summed E-state index contributed by atoms with van der Waals surface area (Å²) in [7, 11) is 2.88. The largest absolute Gasteiger partial charge is 0.480 e. The Hall–Kier alpha value is -4.06. The number of anilines is 1. The van der Waals surface area contributed by atoms with E-state index in [0.717, 1.165) is 0 Å². The summed E-state index contributed by atoms with van der Waals surface area (Å²) < 4.78 is 9.46. The molecule has 3 rings (SSSR count). The highest BCUT2D eigenvalue weighted by Gasteiger charge is 2.13. The summed E-state index contributed by atoms with van der Waals surface area (Å²) in [5.41, 5.74) is 5.73. The highest BCUT2D eigenvalue weighted by atomic mass is 35.5. The minimum atomic E-state index is -0.574. The maximum absolute atomic E-state index is 10.3. The van der Waals surface area contributed by atoms with Crippen LogP contribution in [0.4, 0.5) is 17.1 Å². The molecule has 0 saturated carbocycles. The van der Waals surface area contributed by atoms with Gasteiger partial charge in [0.15, 0.2) is 0 Å². The monoisotopic (exact) mass is 436 g/mol. The molecule has 0 unspecified atom stereocenters. The Bertz CT molecular complexity index is 990. The van der Waals surface area contributed by atoms with Crippen LogP contribution in [-0.4, -0.2) is 39.0 Å². The van der Waals surface area contributed by atoms with E-state index in [4.69, 9.17) is 22.1 Å². The van der Waals surface area contributed by atoms with Crippen LogP contribution in [0.3, 0.4) is 0 Å². The van der Waals surface area contributed by atoms with E-state index in [-0.39, 0.29) is 22.4 Å². The smallest absolute Gasteiger partial charge is 0.330 e. The van der Waals surface area contributed by atoms with E-state index in [2.05, 4.69) is 19.7 Å². The molecule has 3 aromatic heterocycles. The molecule has 0 aliphatic heterocycles. The topological polar surface area (TPSA) is 169 Å². The van der Waals surface area contributed by atoms with Crippen molar-refractivity contribution in [2.45, 2.75) is 0 Å². The Morgan fingerprint density at radius 1 is 0.833 bits per heavy atom. The van der Waals surface area contributed by atoms with Crippen molar-refractivity contribution < 1.29 is 19.3 Å². The lowest BCUT2D eigenvalue weighted by Gasteiger charge is -1.98. The van der Waals surface area contributed by atoms with Gasteiger partial charge in [-0.2, -0.15) is 0 Å². The molecule has 0 saturated heterocycles. The Morgan fingerprint density at radius 2 is 1.30 bits per heavy atom. The van der Waals surface area contributed by atoms with Gasteiger partial charge in [0.05, 0.1) is 29.8 Å². The van der Waals surface area contributed by atoms with Crippen LogP contribution in [0.25, 0.3) is 0 Å². The Labute approximate surface area is 175 Å². The number of nitrogens with two attached hydrogens (primary N) is 1. The first-order valence-electron chi connectivity index (χ1n) is 7.94. The molecule has 3 aromatic rings. The molecule has 0 spiro atoms. The van der Waals surface area contributed by atoms with Gasteiger partial charge < -0.3 is 15.2 Å². The van der Waals surface area contributed by atoms with Crippen LogP contribution < -0.4 is 15.2 Å². The third-order valence-electron chi connectivity index (χ3n) is 3.07. The van der Waals surface area contributed by atoms with Gasteiger partial charge in [0.1, 0.15) is 0 Å². The second-order valence-electron chi connectivity index (χ2n) is 4.96. The van der Waals surface area contributed by atoms with Crippen molar-refractivity contribution in [3.05, 3.63) is 80.4 Å². The van der Waals surface area contributed by atoms with Crippen LogP contribution in [0.15, 0.2) is 55.0 Å². The Morgan fingerprint density at radius 3 is 1.67 bits per heavy atom. The maximum Gasteiger partial charge on any atom is 0.330 e. The minimum absolute atomic E-state index is 0.0394. The average Bonchev–Trinajstić information content (AvgIpc) is 2.75. The minimum Gasteiger partial charge on any atom is -0.480 e. The summed E-state index contributed by atoms with van der Waals surface area (Å²) in [4.78, 5) is 30.3. The van der Waals surface area contributed by atoms with Gasteiger partial charge >= 0.3 is 11.4 Å². The third kappa shape index (κ3) is 7.52. The van der Waals surface area contributed by atoms with E-state index in [0.29, 0.717) is 11.6 Å². The number of methoxy groups -OCH3 is 2. The zero-order valence-corrected chi connectivity index (χ0v) is 16.6. The molecule has 0 aromatic carbocycles. The zero-order valence-electron chi connectivity index (χ0n) is 15.8. The van der Waals surface area contributed by atoms with Crippen LogP contribution in [0.2, 0.25) is 5.15 Å². The molecule has 30 heavy (non-hydrogen) atoms. The molecular formula is C17H17ClN6O6. The standard InChI is InChI=1S/C6H6N2O3.C6H8N2O.C5H3ClN2O2/c1-11-6-5(8(9)10)3-2-4-7-6;1-9-6-5(7)3-2-4-8-6;6-5-4(8(9)10)2-1-3-7-5/h2-4H,1H3;2-4H,7H2,1H3;1-3H. The first-order chi connectivity index (χ1) is 14.3. The normalized spacial score (nSPS) is 9.17. The number of aromatic nitrogens is 3. The molecule has 0 atom stereocenters. The lowest BCUT2D eigenvalue weighted by atomic mass is 10.4. The predicted octanol–water partition coefficient (Wildman–Crippen LogP) is 3.31. The number of ether oxygens (including phenoxy) is 2. The van der Waals surface area contributed by atoms with Crippen molar-refractivity contribution >= 4 is 28.7 Å². The molecule has 13 heteroatoms. The van der Waals surface area contributed by atoms with Gasteiger partial charge in [0.25, 0.3) is 5.88 Å². The third-order valence-corrected chi connectivity index (χ3v) is 3.36. The SMILES string of the molecule is COc1ncccc1N.COc1ncccc1[N+](=O)[O-].O=[N+]([O-])c1cccnc1Cl. The van der Waals surface area contributed by atoms with Crippen LogP contribution in [0, 0.1) is 20.2 Å². The van der Waals surface area contributed by atoms with Gasteiger partial charge in [-0.15, -0.1) is 0 Å². The quantitative estimate of drug-likeness (QED) is 0.363. The Balaban J connectivity index is 0.000000226. The van der Waals surface area contributed by atoms with E-state index in [1.54, 1.807) is 25.4 Å². The average molecular weight is 437 g/mol. The number of hydrogen-bond donors (Lipinski definition) is 1. The molecule has 0 amide bonds. The number of halogens is 1. The fourth-order valence-corrected chi connectivity index (χ4v) is 1.95. The van der Waals surface area contributed by atoms with Crippen molar-refractivity contribution in [2.24, 2.45) is 0 Å².